The highest BCUT2D eigenvalue weighted by molar-refractivity contribution is 7.11. The molecule has 3 aromatic rings. The Morgan fingerprint density at radius 3 is 2.92 bits per heavy atom. The lowest BCUT2D eigenvalue weighted by Gasteiger charge is -2.10. The van der Waals surface area contributed by atoms with Crippen LogP contribution < -0.4 is 10.6 Å². The summed E-state index contributed by atoms with van der Waals surface area (Å²) in [6, 6.07) is 10.2. The number of guanidine groups is 1. The summed E-state index contributed by atoms with van der Waals surface area (Å²) in [4.78, 5) is 10.1. The number of hydrogen-bond acceptors (Lipinski definition) is 4. The molecule has 0 unspecified atom stereocenters. The largest absolute Gasteiger partial charge is 0.461 e. The molecule has 6 heteroatoms. The molecule has 2 N–H and O–H groups in total. The van der Waals surface area contributed by atoms with Crippen molar-refractivity contribution < 1.29 is 4.42 Å². The fourth-order valence-corrected chi connectivity index (χ4v) is 3.14. The first-order valence-electron chi connectivity index (χ1n) is 8.15. The summed E-state index contributed by atoms with van der Waals surface area (Å²) >= 11 is 1.68. The fourth-order valence-electron chi connectivity index (χ4n) is 2.43. The lowest BCUT2D eigenvalue weighted by molar-refractivity contribution is 0.544. The Labute approximate surface area is 145 Å². The van der Waals surface area contributed by atoms with Crippen LogP contribution in [-0.4, -0.2) is 24.0 Å². The first kappa shape index (κ1) is 16.5. The number of aliphatic imine (C=N–C) groups is 1. The normalized spacial score (nSPS) is 11.8. The Balaban J connectivity index is 1.55. The van der Waals surface area contributed by atoms with E-state index >= 15 is 0 Å². The van der Waals surface area contributed by atoms with Gasteiger partial charge in [-0.25, -0.2) is 9.98 Å². The molecule has 0 aliphatic rings. The van der Waals surface area contributed by atoms with E-state index in [4.69, 9.17) is 4.42 Å². The zero-order chi connectivity index (χ0) is 16.8. The topological polar surface area (TPSA) is 62.5 Å². The molecule has 24 heavy (non-hydrogen) atoms. The lowest BCUT2D eigenvalue weighted by Crippen LogP contribution is -2.38. The number of benzene rings is 1. The number of hydrogen-bond donors (Lipinski definition) is 2. The number of thiazole rings is 1. The van der Waals surface area contributed by atoms with E-state index in [1.165, 1.54) is 4.88 Å². The van der Waals surface area contributed by atoms with E-state index in [1.54, 1.807) is 11.3 Å². The summed E-state index contributed by atoms with van der Waals surface area (Å²) in [7, 11) is 0. The van der Waals surface area contributed by atoms with Gasteiger partial charge in [-0.15, -0.1) is 11.3 Å². The van der Waals surface area contributed by atoms with E-state index in [-0.39, 0.29) is 0 Å². The molecule has 0 bridgehead atoms. The number of para-hydroxylation sites is 1. The van der Waals surface area contributed by atoms with Crippen LogP contribution in [0.3, 0.4) is 0 Å². The highest BCUT2D eigenvalue weighted by Crippen LogP contribution is 2.18. The van der Waals surface area contributed by atoms with Crippen molar-refractivity contribution in [2.24, 2.45) is 4.99 Å². The molecule has 0 aliphatic heterocycles. The highest BCUT2D eigenvalue weighted by Gasteiger charge is 2.04. The van der Waals surface area contributed by atoms with Gasteiger partial charge in [0.05, 0.1) is 6.54 Å². The van der Waals surface area contributed by atoms with E-state index < -0.39 is 0 Å². The van der Waals surface area contributed by atoms with Crippen LogP contribution in [-0.2, 0) is 13.0 Å². The van der Waals surface area contributed by atoms with Crippen molar-refractivity contribution in [1.82, 2.24) is 15.6 Å². The maximum absolute atomic E-state index is 5.83. The van der Waals surface area contributed by atoms with Crippen LogP contribution >= 0.6 is 11.3 Å². The molecule has 126 valence electrons. The molecule has 0 aliphatic carbocycles. The Bertz CT molecular complexity index is 788. The number of rotatable bonds is 6. The van der Waals surface area contributed by atoms with Gasteiger partial charge in [0.15, 0.2) is 5.96 Å². The third-order valence-corrected chi connectivity index (χ3v) is 4.42. The average Bonchev–Trinajstić information content (AvgIpc) is 3.18. The summed E-state index contributed by atoms with van der Waals surface area (Å²) in [6.07, 6.45) is 2.70. The molecule has 2 aromatic heterocycles. The van der Waals surface area contributed by atoms with Crippen molar-refractivity contribution in [3.63, 3.8) is 0 Å². The zero-order valence-electron chi connectivity index (χ0n) is 14.0. The number of nitrogens with zero attached hydrogens (tertiary/aromatic N) is 2. The quantitative estimate of drug-likeness (QED) is 0.532. The van der Waals surface area contributed by atoms with Gasteiger partial charge in [0.25, 0.3) is 0 Å². The first-order valence-corrected chi connectivity index (χ1v) is 8.97. The molecule has 2 heterocycles. The minimum Gasteiger partial charge on any atom is -0.461 e. The summed E-state index contributed by atoms with van der Waals surface area (Å²) in [5.74, 6) is 1.79. The maximum Gasteiger partial charge on any atom is 0.191 e. The zero-order valence-corrected chi connectivity index (χ0v) is 14.8. The first-order chi connectivity index (χ1) is 11.7. The van der Waals surface area contributed by atoms with Gasteiger partial charge >= 0.3 is 0 Å². The molecular formula is C18H22N4OS. The molecule has 3 rings (SSSR count). The van der Waals surface area contributed by atoms with Crippen molar-refractivity contribution in [1.29, 1.82) is 0 Å². The van der Waals surface area contributed by atoms with Crippen molar-refractivity contribution >= 4 is 28.3 Å². The third kappa shape index (κ3) is 4.35. The summed E-state index contributed by atoms with van der Waals surface area (Å²) in [6.45, 7) is 6.31. The van der Waals surface area contributed by atoms with Crippen LogP contribution in [0.25, 0.3) is 11.0 Å². The monoisotopic (exact) mass is 342 g/mol. The summed E-state index contributed by atoms with van der Waals surface area (Å²) in [5.41, 5.74) is 0.937. The molecule has 5 nitrogen and oxygen atoms in total. The summed E-state index contributed by atoms with van der Waals surface area (Å²) < 4.78 is 5.83. The summed E-state index contributed by atoms with van der Waals surface area (Å²) in [5, 5.41) is 8.78. The molecule has 0 amide bonds. The van der Waals surface area contributed by atoms with Gasteiger partial charge in [-0.1, -0.05) is 18.2 Å². The Kier molecular flexibility index (Phi) is 5.48. The Hall–Kier alpha value is -2.34. The van der Waals surface area contributed by atoms with E-state index in [0.29, 0.717) is 6.54 Å². The molecule has 0 radical (unpaired) electrons. The number of nitrogens with one attached hydrogen (secondary N) is 2. The SMILES string of the molecule is CCNC(=NCc1ncc(C)s1)NCCc1cc2ccccc2o1. The molecule has 0 spiro atoms. The second kappa shape index (κ2) is 7.97. The molecule has 0 saturated heterocycles. The van der Waals surface area contributed by atoms with Gasteiger partial charge in [-0.05, 0) is 26.0 Å². The van der Waals surface area contributed by atoms with Gasteiger partial charge in [0.2, 0.25) is 0 Å². The lowest BCUT2D eigenvalue weighted by atomic mass is 10.2. The van der Waals surface area contributed by atoms with Crippen LogP contribution in [0.1, 0.15) is 22.6 Å². The van der Waals surface area contributed by atoms with Crippen LogP contribution in [0.5, 0.6) is 0 Å². The van der Waals surface area contributed by atoms with E-state index in [2.05, 4.69) is 46.6 Å². The molecule has 0 fully saturated rings. The van der Waals surface area contributed by atoms with Crippen LogP contribution in [0, 0.1) is 6.92 Å². The standard InChI is InChI=1S/C18H22N4OS/c1-3-19-18(22-12-17-21-11-13(2)24-17)20-9-8-15-10-14-6-4-5-7-16(14)23-15/h4-7,10-11H,3,8-9,12H2,1-2H3,(H2,19,20,22). The Morgan fingerprint density at radius 1 is 1.29 bits per heavy atom. The fraction of sp³-hybridized carbons (Fsp3) is 0.333. The average molecular weight is 342 g/mol. The van der Waals surface area contributed by atoms with E-state index in [0.717, 1.165) is 47.2 Å². The van der Waals surface area contributed by atoms with Gasteiger partial charge in [0, 0.05) is 36.0 Å². The third-order valence-electron chi connectivity index (χ3n) is 3.53. The van der Waals surface area contributed by atoms with Crippen molar-refractivity contribution in [3.05, 3.63) is 52.2 Å². The van der Waals surface area contributed by atoms with Crippen molar-refractivity contribution in [3.8, 4) is 0 Å². The second-order valence-electron chi connectivity index (χ2n) is 5.49. The predicted octanol–water partition coefficient (Wildman–Crippen LogP) is 3.50. The van der Waals surface area contributed by atoms with Gasteiger partial charge in [0.1, 0.15) is 16.4 Å². The van der Waals surface area contributed by atoms with Crippen molar-refractivity contribution in [2.45, 2.75) is 26.8 Å². The second-order valence-corrected chi connectivity index (χ2v) is 6.81. The van der Waals surface area contributed by atoms with Gasteiger partial charge in [-0.3, -0.25) is 0 Å². The molecule has 0 atom stereocenters. The molecule has 0 saturated carbocycles. The predicted molar refractivity (Wildman–Crippen MR) is 99.6 cm³/mol. The van der Waals surface area contributed by atoms with Crippen LogP contribution in [0.15, 0.2) is 45.9 Å². The Morgan fingerprint density at radius 2 is 2.17 bits per heavy atom. The maximum atomic E-state index is 5.83. The number of furan rings is 1. The molecule has 1 aromatic carbocycles. The highest BCUT2D eigenvalue weighted by atomic mass is 32.1. The van der Waals surface area contributed by atoms with Gasteiger partial charge < -0.3 is 15.1 Å². The number of aromatic nitrogens is 1. The smallest absolute Gasteiger partial charge is 0.191 e. The number of aryl methyl sites for hydroxylation is 1. The molecular weight excluding hydrogens is 320 g/mol. The van der Waals surface area contributed by atoms with E-state index in [1.807, 2.05) is 24.4 Å². The minimum atomic E-state index is 0.596. The van der Waals surface area contributed by atoms with Gasteiger partial charge in [-0.2, -0.15) is 0 Å². The van der Waals surface area contributed by atoms with E-state index in [9.17, 15) is 0 Å². The van der Waals surface area contributed by atoms with Crippen LogP contribution in [0.2, 0.25) is 0 Å². The number of fused-ring (bicyclic) bond motifs is 1. The van der Waals surface area contributed by atoms with Crippen LogP contribution in [0.4, 0.5) is 0 Å². The minimum absolute atomic E-state index is 0.596. The van der Waals surface area contributed by atoms with Crippen molar-refractivity contribution in [2.75, 3.05) is 13.1 Å².